The van der Waals surface area contributed by atoms with Gasteiger partial charge in [0.05, 0.1) is 9.95 Å². The second-order valence-electron chi connectivity index (χ2n) is 3.66. The van der Waals surface area contributed by atoms with Crippen LogP contribution in [0.25, 0.3) is 0 Å². The molecule has 1 heterocycles. The summed E-state index contributed by atoms with van der Waals surface area (Å²) in [5.41, 5.74) is -0.173. The van der Waals surface area contributed by atoms with Crippen molar-refractivity contribution in [3.05, 3.63) is 57.4 Å². The van der Waals surface area contributed by atoms with Crippen LogP contribution in [0.3, 0.4) is 0 Å². The Morgan fingerprint density at radius 1 is 1.35 bits per heavy atom. The molecule has 0 bridgehead atoms. The topological polar surface area (TPSA) is 93.3 Å². The summed E-state index contributed by atoms with van der Waals surface area (Å²) in [7, 11) is 0. The maximum absolute atomic E-state index is 10.8. The Bertz CT molecular complexity index is 693. The first-order chi connectivity index (χ1) is 9.47. The van der Waals surface area contributed by atoms with Crippen molar-refractivity contribution in [2.75, 3.05) is 0 Å². The normalized spacial score (nSPS) is 10.2. The number of nitrogens with zero attached hydrogens (tertiary/aromatic N) is 2. The van der Waals surface area contributed by atoms with Crippen LogP contribution < -0.4 is 0 Å². The number of carboxylic acid groups (broad SMARTS) is 1. The Labute approximate surface area is 122 Å². The number of rotatable bonds is 4. The van der Waals surface area contributed by atoms with Gasteiger partial charge in [-0.3, -0.25) is 10.1 Å². The maximum atomic E-state index is 10.8. The molecule has 0 atom stereocenters. The summed E-state index contributed by atoms with van der Waals surface area (Å²) in [4.78, 5) is 25.8. The Balaban J connectivity index is 2.28. The summed E-state index contributed by atoms with van der Waals surface area (Å²) in [6, 6.07) is 7.16. The van der Waals surface area contributed by atoms with Gasteiger partial charge in [0.1, 0.15) is 5.69 Å². The molecule has 0 radical (unpaired) electrons. The molecule has 0 saturated carbocycles. The Morgan fingerprint density at radius 3 is 2.70 bits per heavy atom. The molecule has 2 rings (SSSR count). The first-order valence-corrected chi connectivity index (χ1v) is 6.48. The number of pyridine rings is 1. The van der Waals surface area contributed by atoms with Crippen LogP contribution in [0, 0.1) is 10.1 Å². The van der Waals surface area contributed by atoms with Gasteiger partial charge in [-0.15, -0.1) is 0 Å². The van der Waals surface area contributed by atoms with Crippen molar-refractivity contribution >= 4 is 35.0 Å². The van der Waals surface area contributed by atoms with Gasteiger partial charge in [0.2, 0.25) is 0 Å². The summed E-state index contributed by atoms with van der Waals surface area (Å²) >= 11 is 7.18. The van der Waals surface area contributed by atoms with Gasteiger partial charge in [-0.25, -0.2) is 9.78 Å². The predicted molar refractivity (Wildman–Crippen MR) is 73.4 cm³/mol. The van der Waals surface area contributed by atoms with Crippen LogP contribution in [-0.2, 0) is 0 Å². The molecule has 0 aliphatic heterocycles. The van der Waals surface area contributed by atoms with Crippen molar-refractivity contribution in [2.45, 2.75) is 9.79 Å². The molecular weight excluding hydrogens is 304 g/mol. The first-order valence-electron chi connectivity index (χ1n) is 5.28. The molecule has 1 N–H and O–H groups in total. The van der Waals surface area contributed by atoms with Crippen LogP contribution in [0.4, 0.5) is 5.69 Å². The Hall–Kier alpha value is -2.12. The number of aromatic nitrogens is 1. The lowest BCUT2D eigenvalue weighted by Crippen LogP contribution is -1.99. The number of carboxylic acids is 1. The second kappa shape index (κ2) is 5.89. The zero-order chi connectivity index (χ0) is 14.7. The smallest absolute Gasteiger partial charge is 0.354 e. The number of hydrogen-bond donors (Lipinski definition) is 1. The van der Waals surface area contributed by atoms with Gasteiger partial charge < -0.3 is 5.11 Å². The molecule has 0 saturated heterocycles. The molecule has 0 spiro atoms. The van der Waals surface area contributed by atoms with Crippen molar-refractivity contribution in [1.29, 1.82) is 0 Å². The summed E-state index contributed by atoms with van der Waals surface area (Å²) in [5, 5.41) is 19.7. The van der Waals surface area contributed by atoms with Crippen molar-refractivity contribution in [3.8, 4) is 0 Å². The number of non-ortho nitro benzene ring substituents is 1. The number of hydrogen-bond acceptors (Lipinski definition) is 5. The van der Waals surface area contributed by atoms with Crippen LogP contribution in [0.15, 0.2) is 46.3 Å². The minimum Gasteiger partial charge on any atom is -0.477 e. The minimum atomic E-state index is -1.12. The highest BCUT2D eigenvalue weighted by molar-refractivity contribution is 7.99. The quantitative estimate of drug-likeness (QED) is 0.686. The number of benzene rings is 1. The molecular formula is C12H7ClN2O4S. The lowest BCUT2D eigenvalue weighted by atomic mass is 10.3. The average molecular weight is 311 g/mol. The molecule has 0 unspecified atom stereocenters. The van der Waals surface area contributed by atoms with Gasteiger partial charge in [0, 0.05) is 28.1 Å². The SMILES string of the molecule is O=C(O)c1cc(Sc2ccc([N+](=O)[O-])cc2Cl)ccn1. The summed E-state index contributed by atoms with van der Waals surface area (Å²) < 4.78 is 0. The zero-order valence-corrected chi connectivity index (χ0v) is 11.4. The largest absolute Gasteiger partial charge is 0.477 e. The van der Waals surface area contributed by atoms with E-state index in [2.05, 4.69) is 4.98 Å². The van der Waals surface area contributed by atoms with Crippen molar-refractivity contribution in [2.24, 2.45) is 0 Å². The lowest BCUT2D eigenvalue weighted by molar-refractivity contribution is -0.384. The highest BCUT2D eigenvalue weighted by atomic mass is 35.5. The van der Waals surface area contributed by atoms with E-state index < -0.39 is 10.9 Å². The molecule has 0 aliphatic rings. The molecule has 2 aromatic rings. The van der Waals surface area contributed by atoms with E-state index in [1.807, 2.05) is 0 Å². The van der Waals surface area contributed by atoms with E-state index in [-0.39, 0.29) is 16.4 Å². The van der Waals surface area contributed by atoms with E-state index in [9.17, 15) is 14.9 Å². The summed E-state index contributed by atoms with van der Waals surface area (Å²) in [6.07, 6.45) is 1.38. The van der Waals surface area contributed by atoms with E-state index in [4.69, 9.17) is 16.7 Å². The number of aromatic carboxylic acids is 1. The molecule has 1 aromatic carbocycles. The Morgan fingerprint density at radius 2 is 2.10 bits per heavy atom. The van der Waals surface area contributed by atoms with Crippen LogP contribution >= 0.6 is 23.4 Å². The van der Waals surface area contributed by atoms with E-state index >= 15 is 0 Å². The highest BCUT2D eigenvalue weighted by Crippen LogP contribution is 2.35. The standard InChI is InChI=1S/C12H7ClN2O4S/c13-9-5-7(15(18)19)1-2-11(9)20-8-3-4-14-10(6-8)12(16)17/h1-6H,(H,16,17). The fourth-order valence-electron chi connectivity index (χ4n) is 1.40. The number of nitro groups is 1. The lowest BCUT2D eigenvalue weighted by Gasteiger charge is -2.04. The molecule has 0 amide bonds. The van der Waals surface area contributed by atoms with Crippen LogP contribution in [0.2, 0.25) is 5.02 Å². The van der Waals surface area contributed by atoms with E-state index in [1.165, 1.54) is 42.2 Å². The van der Waals surface area contributed by atoms with E-state index in [0.717, 1.165) is 0 Å². The molecule has 1 aromatic heterocycles. The monoisotopic (exact) mass is 310 g/mol. The predicted octanol–water partition coefficient (Wildman–Crippen LogP) is 3.49. The van der Waals surface area contributed by atoms with Gasteiger partial charge in [-0.2, -0.15) is 0 Å². The number of carbonyl (C=O) groups is 1. The van der Waals surface area contributed by atoms with Gasteiger partial charge in [-0.1, -0.05) is 23.4 Å². The van der Waals surface area contributed by atoms with E-state index in [0.29, 0.717) is 9.79 Å². The van der Waals surface area contributed by atoms with Crippen LogP contribution in [0.5, 0.6) is 0 Å². The third-order valence-electron chi connectivity index (χ3n) is 2.30. The third-order valence-corrected chi connectivity index (χ3v) is 3.79. The minimum absolute atomic E-state index is 0.0759. The van der Waals surface area contributed by atoms with Crippen molar-refractivity contribution in [1.82, 2.24) is 4.98 Å². The van der Waals surface area contributed by atoms with Gasteiger partial charge >= 0.3 is 5.97 Å². The van der Waals surface area contributed by atoms with Gasteiger partial charge in [-0.05, 0) is 18.2 Å². The Kier molecular flexibility index (Phi) is 4.21. The van der Waals surface area contributed by atoms with Gasteiger partial charge in [0.25, 0.3) is 5.69 Å². The summed E-state index contributed by atoms with van der Waals surface area (Å²) in [6.45, 7) is 0. The van der Waals surface area contributed by atoms with Crippen LogP contribution in [-0.4, -0.2) is 21.0 Å². The maximum Gasteiger partial charge on any atom is 0.354 e. The second-order valence-corrected chi connectivity index (χ2v) is 5.18. The average Bonchev–Trinajstić information content (AvgIpc) is 2.41. The van der Waals surface area contributed by atoms with Crippen molar-refractivity contribution < 1.29 is 14.8 Å². The number of nitro benzene ring substituents is 1. The first kappa shape index (κ1) is 14.3. The van der Waals surface area contributed by atoms with E-state index in [1.54, 1.807) is 6.07 Å². The molecule has 6 nitrogen and oxygen atoms in total. The molecule has 20 heavy (non-hydrogen) atoms. The molecule has 0 fully saturated rings. The zero-order valence-electron chi connectivity index (χ0n) is 9.82. The molecule has 102 valence electrons. The molecule has 8 heteroatoms. The van der Waals surface area contributed by atoms with Crippen LogP contribution in [0.1, 0.15) is 10.5 Å². The fourth-order valence-corrected chi connectivity index (χ4v) is 2.54. The fraction of sp³-hybridized carbons (Fsp3) is 0. The van der Waals surface area contributed by atoms with Gasteiger partial charge in [0.15, 0.2) is 0 Å². The third kappa shape index (κ3) is 3.25. The summed E-state index contributed by atoms with van der Waals surface area (Å²) in [5.74, 6) is -1.12. The highest BCUT2D eigenvalue weighted by Gasteiger charge is 2.11. The number of halogens is 1. The van der Waals surface area contributed by atoms with Crippen molar-refractivity contribution in [3.63, 3.8) is 0 Å². The molecule has 0 aliphatic carbocycles.